The van der Waals surface area contributed by atoms with E-state index in [0.717, 1.165) is 16.7 Å². The van der Waals surface area contributed by atoms with E-state index in [1.54, 1.807) is 32.9 Å². The van der Waals surface area contributed by atoms with Gasteiger partial charge in [-0.15, -0.1) is 0 Å². The van der Waals surface area contributed by atoms with Gasteiger partial charge in [-0.25, -0.2) is 0 Å². The van der Waals surface area contributed by atoms with Crippen molar-refractivity contribution in [3.63, 3.8) is 0 Å². The van der Waals surface area contributed by atoms with Crippen LogP contribution in [-0.4, -0.2) is 11.9 Å². The Labute approximate surface area is 110 Å². The number of oxime groups is 1. The SMILES string of the molecule is CC1=NOC(c2cc(C)c(C)c(C)c2)(C(F)(F)F)C1. The van der Waals surface area contributed by atoms with Gasteiger partial charge in [-0.2, -0.15) is 13.2 Å². The van der Waals surface area contributed by atoms with Crippen molar-refractivity contribution in [1.29, 1.82) is 0 Å². The van der Waals surface area contributed by atoms with Crippen LogP contribution < -0.4 is 0 Å². The highest BCUT2D eigenvalue weighted by molar-refractivity contribution is 5.84. The molecule has 0 N–H and O–H groups in total. The van der Waals surface area contributed by atoms with Gasteiger partial charge in [-0.1, -0.05) is 17.3 Å². The smallest absolute Gasteiger partial charge is 0.374 e. The highest BCUT2D eigenvalue weighted by atomic mass is 19.4. The first-order chi connectivity index (χ1) is 8.67. The zero-order valence-corrected chi connectivity index (χ0v) is 11.4. The minimum Gasteiger partial charge on any atom is -0.374 e. The van der Waals surface area contributed by atoms with Gasteiger partial charge in [0.1, 0.15) is 0 Å². The number of nitrogens with zero attached hydrogens (tertiary/aromatic N) is 1. The van der Waals surface area contributed by atoms with E-state index in [9.17, 15) is 13.2 Å². The lowest BCUT2D eigenvalue weighted by molar-refractivity contribution is -0.275. The highest BCUT2D eigenvalue weighted by Crippen LogP contribution is 2.48. The van der Waals surface area contributed by atoms with Gasteiger partial charge < -0.3 is 4.84 Å². The van der Waals surface area contributed by atoms with Gasteiger partial charge >= 0.3 is 6.18 Å². The van der Waals surface area contributed by atoms with Crippen LogP contribution in [0, 0.1) is 20.8 Å². The van der Waals surface area contributed by atoms with Crippen LogP contribution in [0.2, 0.25) is 0 Å². The molecule has 0 saturated heterocycles. The first-order valence-corrected chi connectivity index (χ1v) is 6.04. The van der Waals surface area contributed by atoms with Crippen LogP contribution in [0.5, 0.6) is 0 Å². The Morgan fingerprint density at radius 1 is 1.11 bits per heavy atom. The van der Waals surface area contributed by atoms with Crippen LogP contribution in [0.25, 0.3) is 0 Å². The van der Waals surface area contributed by atoms with E-state index >= 15 is 0 Å². The minimum atomic E-state index is -4.50. The number of benzene rings is 1. The lowest BCUT2D eigenvalue weighted by Crippen LogP contribution is -2.42. The van der Waals surface area contributed by atoms with Gasteiger partial charge in [0.15, 0.2) is 0 Å². The van der Waals surface area contributed by atoms with Crippen molar-refractivity contribution >= 4 is 5.71 Å². The molecule has 0 radical (unpaired) electrons. The van der Waals surface area contributed by atoms with Crippen LogP contribution in [0.15, 0.2) is 17.3 Å². The fourth-order valence-corrected chi connectivity index (χ4v) is 2.32. The molecule has 2 nitrogen and oxygen atoms in total. The van der Waals surface area contributed by atoms with Crippen LogP contribution in [0.4, 0.5) is 13.2 Å². The molecule has 0 amide bonds. The zero-order valence-electron chi connectivity index (χ0n) is 11.4. The normalized spacial score (nSPS) is 23.2. The van der Waals surface area contributed by atoms with Gasteiger partial charge in [0, 0.05) is 12.0 Å². The number of hydrogen-bond acceptors (Lipinski definition) is 2. The number of hydrogen-bond donors (Lipinski definition) is 0. The maximum atomic E-state index is 13.4. The molecule has 1 aromatic carbocycles. The maximum Gasteiger partial charge on any atom is 0.435 e. The van der Waals surface area contributed by atoms with E-state index in [4.69, 9.17) is 4.84 Å². The Hall–Kier alpha value is -1.52. The molecule has 19 heavy (non-hydrogen) atoms. The highest BCUT2D eigenvalue weighted by Gasteiger charge is 2.61. The van der Waals surface area contributed by atoms with Gasteiger partial charge in [0.25, 0.3) is 5.60 Å². The predicted molar refractivity (Wildman–Crippen MR) is 67.2 cm³/mol. The third-order valence-corrected chi connectivity index (χ3v) is 3.71. The summed E-state index contributed by atoms with van der Waals surface area (Å²) in [7, 11) is 0. The molecule has 1 atom stereocenters. The molecule has 1 aromatic rings. The molecule has 0 saturated carbocycles. The van der Waals surface area contributed by atoms with Crippen molar-refractivity contribution in [3.8, 4) is 0 Å². The van der Waals surface area contributed by atoms with Crippen molar-refractivity contribution in [3.05, 3.63) is 34.4 Å². The Morgan fingerprint density at radius 2 is 1.63 bits per heavy atom. The van der Waals surface area contributed by atoms with Gasteiger partial charge in [0.2, 0.25) is 0 Å². The van der Waals surface area contributed by atoms with Crippen molar-refractivity contribution in [1.82, 2.24) is 0 Å². The second kappa shape index (κ2) is 4.25. The fraction of sp³-hybridized carbons (Fsp3) is 0.500. The summed E-state index contributed by atoms with van der Waals surface area (Å²) in [5.41, 5.74) is 0.796. The molecule has 1 unspecified atom stereocenters. The lowest BCUT2D eigenvalue weighted by atomic mass is 9.85. The van der Waals surface area contributed by atoms with Crippen molar-refractivity contribution in [2.45, 2.75) is 45.9 Å². The van der Waals surface area contributed by atoms with Crippen molar-refractivity contribution in [2.75, 3.05) is 0 Å². The van der Waals surface area contributed by atoms with Crippen LogP contribution in [0.1, 0.15) is 35.6 Å². The molecule has 0 spiro atoms. The first-order valence-electron chi connectivity index (χ1n) is 6.04. The summed E-state index contributed by atoms with van der Waals surface area (Å²) in [6.07, 6.45) is -4.75. The van der Waals surface area contributed by atoms with Crippen LogP contribution >= 0.6 is 0 Å². The van der Waals surface area contributed by atoms with Crippen molar-refractivity contribution in [2.24, 2.45) is 5.16 Å². The zero-order chi connectivity index (χ0) is 14.4. The van der Waals surface area contributed by atoms with Crippen LogP contribution in [-0.2, 0) is 10.4 Å². The number of rotatable bonds is 1. The van der Waals surface area contributed by atoms with E-state index in [1.807, 2.05) is 6.92 Å². The monoisotopic (exact) mass is 271 g/mol. The summed E-state index contributed by atoms with van der Waals surface area (Å²) >= 11 is 0. The standard InChI is InChI=1S/C14H16F3NO/c1-8-5-12(6-9(2)11(8)4)13(14(15,16)17)7-10(3)18-19-13/h5-6H,7H2,1-4H3. The molecule has 0 bridgehead atoms. The first kappa shape index (κ1) is 13.9. The lowest BCUT2D eigenvalue weighted by Gasteiger charge is -2.30. The van der Waals surface area contributed by atoms with Gasteiger partial charge in [0.05, 0.1) is 5.71 Å². The maximum absolute atomic E-state index is 13.4. The Kier molecular flexibility index (Phi) is 3.11. The van der Waals surface area contributed by atoms with E-state index in [1.165, 1.54) is 0 Å². The average Bonchev–Trinajstić information content (AvgIpc) is 2.68. The van der Waals surface area contributed by atoms with E-state index in [-0.39, 0.29) is 12.0 Å². The third-order valence-electron chi connectivity index (χ3n) is 3.71. The van der Waals surface area contributed by atoms with Gasteiger partial charge in [-0.05, 0) is 44.4 Å². The van der Waals surface area contributed by atoms with Gasteiger partial charge in [-0.3, -0.25) is 0 Å². The molecule has 1 aliphatic rings. The average molecular weight is 271 g/mol. The topological polar surface area (TPSA) is 21.6 Å². The second-order valence-electron chi connectivity index (χ2n) is 5.15. The molecule has 0 aliphatic carbocycles. The van der Waals surface area contributed by atoms with E-state index < -0.39 is 11.8 Å². The Bertz CT molecular complexity index is 525. The molecule has 1 aliphatic heterocycles. The fourth-order valence-electron chi connectivity index (χ4n) is 2.32. The summed E-state index contributed by atoms with van der Waals surface area (Å²) < 4.78 is 40.3. The Morgan fingerprint density at radius 3 is 2.00 bits per heavy atom. The molecule has 2 rings (SSSR count). The molecular weight excluding hydrogens is 255 g/mol. The van der Waals surface area contributed by atoms with E-state index in [2.05, 4.69) is 5.16 Å². The molecule has 1 heterocycles. The summed E-state index contributed by atoms with van der Waals surface area (Å²) in [5.74, 6) is 0. The summed E-state index contributed by atoms with van der Waals surface area (Å²) in [6.45, 7) is 7.05. The molecule has 0 fully saturated rings. The quantitative estimate of drug-likeness (QED) is 0.751. The minimum absolute atomic E-state index is 0.126. The molecule has 0 aromatic heterocycles. The third kappa shape index (κ3) is 2.11. The number of aryl methyl sites for hydroxylation is 2. The summed E-state index contributed by atoms with van der Waals surface area (Å²) in [6, 6.07) is 3.09. The molecule has 104 valence electrons. The summed E-state index contributed by atoms with van der Waals surface area (Å²) in [5, 5.41) is 3.51. The van der Waals surface area contributed by atoms with Crippen molar-refractivity contribution < 1.29 is 18.0 Å². The Balaban J connectivity index is 2.59. The second-order valence-corrected chi connectivity index (χ2v) is 5.15. The van der Waals surface area contributed by atoms with E-state index in [0.29, 0.717) is 5.71 Å². The molecule has 5 heteroatoms. The summed E-state index contributed by atoms with van der Waals surface area (Å²) in [4.78, 5) is 4.82. The molecular formula is C14H16F3NO. The largest absolute Gasteiger partial charge is 0.435 e. The predicted octanol–water partition coefficient (Wildman–Crippen LogP) is 4.17. The number of halogens is 3. The number of alkyl halides is 3. The van der Waals surface area contributed by atoms with Crippen LogP contribution in [0.3, 0.4) is 0 Å².